The van der Waals surface area contributed by atoms with E-state index in [0.717, 1.165) is 27.5 Å². The second kappa shape index (κ2) is 6.86. The topological polar surface area (TPSA) is 8.81 Å². The summed E-state index contributed by atoms with van der Waals surface area (Å²) in [6.07, 6.45) is 0. The lowest BCUT2D eigenvalue weighted by Crippen LogP contribution is -3.00. The number of aryl methyl sites for hydroxylation is 2. The monoisotopic (exact) mass is 328 g/mol. The van der Waals surface area contributed by atoms with Gasteiger partial charge in [-0.25, -0.2) is 0 Å². The van der Waals surface area contributed by atoms with E-state index in [2.05, 4.69) is 53.3 Å². The van der Waals surface area contributed by atoms with E-state index in [4.69, 9.17) is 12.2 Å². The first-order chi connectivity index (χ1) is 10.2. The summed E-state index contributed by atoms with van der Waals surface area (Å²) < 4.78 is 5.00. The third-order valence-corrected chi connectivity index (χ3v) is 3.90. The second-order valence-corrected chi connectivity index (χ2v) is 5.42. The minimum Gasteiger partial charge on any atom is -1.00 e. The molecule has 0 radical (unpaired) electrons. The van der Waals surface area contributed by atoms with Gasteiger partial charge in [-0.2, -0.15) is 9.13 Å². The molecule has 0 N–H and O–H groups in total. The van der Waals surface area contributed by atoms with Gasteiger partial charge in [0.15, 0.2) is 0 Å². The third-order valence-electron chi connectivity index (χ3n) is 3.53. The van der Waals surface area contributed by atoms with Gasteiger partial charge in [0, 0.05) is 18.3 Å². The lowest BCUT2D eigenvalue weighted by Gasteiger charge is -2.10. The highest BCUT2D eigenvalue weighted by molar-refractivity contribution is 7.71. The molecule has 1 heterocycles. The Labute approximate surface area is 142 Å². The minimum atomic E-state index is 0. The van der Waals surface area contributed by atoms with Crippen LogP contribution in [0.25, 0.3) is 11.4 Å². The van der Waals surface area contributed by atoms with Crippen LogP contribution >= 0.6 is 12.2 Å². The van der Waals surface area contributed by atoms with E-state index in [1.165, 1.54) is 0 Å². The van der Waals surface area contributed by atoms with Gasteiger partial charge in [-0.3, -0.25) is 0 Å². The number of nitrogens with zero attached hydrogens (tertiary/aromatic N) is 2. The zero-order valence-electron chi connectivity index (χ0n) is 12.5. The zero-order valence-corrected chi connectivity index (χ0v) is 14.1. The summed E-state index contributed by atoms with van der Waals surface area (Å²) in [5, 5.41) is 0. The van der Waals surface area contributed by atoms with Gasteiger partial charge in [0.1, 0.15) is 22.8 Å². The van der Waals surface area contributed by atoms with Crippen molar-refractivity contribution in [2.45, 2.75) is 13.8 Å². The number of para-hydroxylation sites is 2. The fourth-order valence-electron chi connectivity index (χ4n) is 2.62. The Morgan fingerprint density at radius 1 is 0.864 bits per heavy atom. The van der Waals surface area contributed by atoms with Crippen LogP contribution in [-0.2, 0) is 0 Å². The molecule has 0 atom stereocenters. The van der Waals surface area contributed by atoms with Crippen molar-refractivity contribution in [3.63, 3.8) is 0 Å². The number of hydrogen-bond donors (Lipinski definition) is 0. The standard InChI is InChI=1S/C18H17N2S.ClH/c1-14-13-15(2)20(17-11-7-4-8-12-17)18(21)19(14)16-9-5-3-6-10-16;/h3-13H,1-2H3;1H/q+1;/p-1. The van der Waals surface area contributed by atoms with E-state index in [9.17, 15) is 0 Å². The fourth-order valence-corrected chi connectivity index (χ4v) is 3.11. The van der Waals surface area contributed by atoms with Gasteiger partial charge in [0.25, 0.3) is 0 Å². The summed E-state index contributed by atoms with van der Waals surface area (Å²) in [5.41, 5.74) is 4.45. The van der Waals surface area contributed by atoms with Crippen LogP contribution < -0.4 is 17.0 Å². The lowest BCUT2D eigenvalue weighted by atomic mass is 10.2. The number of benzene rings is 2. The molecule has 0 amide bonds. The molecule has 112 valence electrons. The molecule has 3 rings (SSSR count). The summed E-state index contributed by atoms with van der Waals surface area (Å²) in [6.45, 7) is 4.18. The number of rotatable bonds is 2. The average molecular weight is 329 g/mol. The maximum atomic E-state index is 5.76. The quantitative estimate of drug-likeness (QED) is 0.505. The van der Waals surface area contributed by atoms with Crippen LogP contribution in [0, 0.1) is 18.6 Å². The van der Waals surface area contributed by atoms with Gasteiger partial charge in [-0.15, -0.1) is 0 Å². The van der Waals surface area contributed by atoms with E-state index in [-0.39, 0.29) is 12.4 Å². The van der Waals surface area contributed by atoms with Crippen molar-refractivity contribution in [1.29, 1.82) is 0 Å². The van der Waals surface area contributed by atoms with Crippen LogP contribution in [0.2, 0.25) is 0 Å². The molecule has 0 saturated heterocycles. The highest BCUT2D eigenvalue weighted by Crippen LogP contribution is 2.13. The van der Waals surface area contributed by atoms with Crippen molar-refractivity contribution in [2.24, 2.45) is 0 Å². The maximum Gasteiger partial charge on any atom is 0.361 e. The molecule has 2 nitrogen and oxygen atoms in total. The van der Waals surface area contributed by atoms with Gasteiger partial charge in [0.2, 0.25) is 0 Å². The molecule has 0 aliphatic heterocycles. The maximum absolute atomic E-state index is 5.76. The predicted octanol–water partition coefficient (Wildman–Crippen LogP) is 1.10. The fraction of sp³-hybridized carbons (Fsp3) is 0.111. The average Bonchev–Trinajstić information content (AvgIpc) is 2.49. The molecule has 0 aliphatic rings. The van der Waals surface area contributed by atoms with Crippen LogP contribution in [0.3, 0.4) is 0 Å². The number of halogens is 1. The van der Waals surface area contributed by atoms with Gasteiger partial charge in [-0.05, 0) is 38.1 Å². The Kier molecular flexibility index (Phi) is 5.11. The highest BCUT2D eigenvalue weighted by Gasteiger charge is 2.17. The minimum absolute atomic E-state index is 0. The zero-order chi connectivity index (χ0) is 14.8. The van der Waals surface area contributed by atoms with Gasteiger partial charge < -0.3 is 12.4 Å². The smallest absolute Gasteiger partial charge is 0.361 e. The Morgan fingerprint density at radius 3 is 2.00 bits per heavy atom. The molecule has 0 unspecified atom stereocenters. The first kappa shape index (κ1) is 16.4. The first-order valence-corrected chi connectivity index (χ1v) is 7.35. The molecule has 4 heteroatoms. The van der Waals surface area contributed by atoms with Crippen molar-refractivity contribution < 1.29 is 17.0 Å². The van der Waals surface area contributed by atoms with Gasteiger partial charge in [0.05, 0.1) is 0 Å². The van der Waals surface area contributed by atoms with Gasteiger partial charge >= 0.3 is 4.77 Å². The summed E-state index contributed by atoms with van der Waals surface area (Å²) in [4.78, 5) is 0. The van der Waals surface area contributed by atoms with Crippen LogP contribution in [0.5, 0.6) is 0 Å². The lowest BCUT2D eigenvalue weighted by molar-refractivity contribution is -0.614. The Morgan fingerprint density at radius 2 is 1.41 bits per heavy atom. The van der Waals surface area contributed by atoms with Crippen molar-refractivity contribution >= 4 is 12.2 Å². The Bertz CT molecular complexity index is 760. The molecule has 0 spiro atoms. The van der Waals surface area contributed by atoms with Crippen LogP contribution in [0.4, 0.5) is 0 Å². The molecular formula is C18H17ClN2S. The predicted molar refractivity (Wildman–Crippen MR) is 87.6 cm³/mol. The molecule has 1 aromatic heterocycles. The molecule has 0 fully saturated rings. The molecule has 2 aromatic carbocycles. The normalized spacial score (nSPS) is 10.1. The molecular weight excluding hydrogens is 312 g/mol. The van der Waals surface area contributed by atoms with E-state index in [1.807, 2.05) is 36.4 Å². The number of hydrogen-bond acceptors (Lipinski definition) is 1. The molecule has 0 aliphatic carbocycles. The van der Waals surface area contributed by atoms with Crippen LogP contribution in [-0.4, -0.2) is 4.57 Å². The number of aromatic nitrogens is 2. The van der Waals surface area contributed by atoms with E-state index in [0.29, 0.717) is 0 Å². The summed E-state index contributed by atoms with van der Waals surface area (Å²) in [5.74, 6) is 0. The van der Waals surface area contributed by atoms with Crippen molar-refractivity contribution in [2.75, 3.05) is 0 Å². The SMILES string of the molecule is Cc1cc(C)[n+](-c2ccccc2)c(=S)n1-c1ccccc1.[Cl-]. The van der Waals surface area contributed by atoms with E-state index in [1.54, 1.807) is 0 Å². The summed E-state index contributed by atoms with van der Waals surface area (Å²) in [7, 11) is 0. The van der Waals surface area contributed by atoms with Crippen molar-refractivity contribution in [1.82, 2.24) is 4.57 Å². The van der Waals surface area contributed by atoms with Crippen LogP contribution in [0.15, 0.2) is 66.7 Å². The van der Waals surface area contributed by atoms with E-state index < -0.39 is 0 Å². The molecule has 0 bridgehead atoms. The first-order valence-electron chi connectivity index (χ1n) is 6.94. The second-order valence-electron chi connectivity index (χ2n) is 5.05. The van der Waals surface area contributed by atoms with Crippen molar-refractivity contribution in [3.8, 4) is 11.4 Å². The Balaban J connectivity index is 0.00000176. The molecule has 22 heavy (non-hydrogen) atoms. The van der Waals surface area contributed by atoms with Crippen molar-refractivity contribution in [3.05, 3.63) is 82.9 Å². The Hall–Kier alpha value is -1.97. The largest absolute Gasteiger partial charge is 1.00 e. The summed E-state index contributed by atoms with van der Waals surface area (Å²) in [6, 6.07) is 22.6. The third kappa shape index (κ3) is 2.96. The van der Waals surface area contributed by atoms with Gasteiger partial charge in [-0.1, -0.05) is 36.4 Å². The summed E-state index contributed by atoms with van der Waals surface area (Å²) >= 11 is 5.76. The molecule has 3 aromatic rings. The molecule has 0 saturated carbocycles. The van der Waals surface area contributed by atoms with Crippen LogP contribution in [0.1, 0.15) is 11.4 Å². The highest BCUT2D eigenvalue weighted by atomic mass is 35.5. The van der Waals surface area contributed by atoms with E-state index >= 15 is 0 Å².